The summed E-state index contributed by atoms with van der Waals surface area (Å²) in [5.41, 5.74) is 13.3. The third kappa shape index (κ3) is 2.00. The molecule has 3 rings (SSSR count). The minimum absolute atomic E-state index is 0.161. The van der Waals surface area contributed by atoms with Crippen LogP contribution in [0.4, 0.5) is 0 Å². The number of aromatic nitrogens is 2. The zero-order chi connectivity index (χ0) is 14.3. The molecular weight excluding hydrogens is 246 g/mol. The van der Waals surface area contributed by atoms with E-state index in [-0.39, 0.29) is 6.04 Å². The molecule has 0 amide bonds. The molecule has 0 saturated heterocycles. The van der Waals surface area contributed by atoms with Gasteiger partial charge in [0.2, 0.25) is 0 Å². The third-order valence-electron chi connectivity index (χ3n) is 3.97. The molecule has 0 saturated carbocycles. The molecular formula is C17H19N3. The van der Waals surface area contributed by atoms with Crippen LogP contribution in [-0.4, -0.2) is 9.38 Å². The van der Waals surface area contributed by atoms with Gasteiger partial charge in [-0.2, -0.15) is 0 Å². The van der Waals surface area contributed by atoms with Gasteiger partial charge >= 0.3 is 0 Å². The van der Waals surface area contributed by atoms with Crippen molar-refractivity contribution in [2.24, 2.45) is 5.73 Å². The van der Waals surface area contributed by atoms with Crippen molar-refractivity contribution in [3.63, 3.8) is 0 Å². The average molecular weight is 265 g/mol. The van der Waals surface area contributed by atoms with Crippen molar-refractivity contribution in [3.05, 3.63) is 70.7 Å². The molecule has 2 heterocycles. The van der Waals surface area contributed by atoms with E-state index in [9.17, 15) is 0 Å². The van der Waals surface area contributed by atoms with Crippen LogP contribution in [0.25, 0.3) is 5.65 Å². The summed E-state index contributed by atoms with van der Waals surface area (Å²) in [5, 5.41) is 0. The van der Waals surface area contributed by atoms with Crippen molar-refractivity contribution in [1.82, 2.24) is 9.38 Å². The molecule has 0 radical (unpaired) electrons. The van der Waals surface area contributed by atoms with Crippen molar-refractivity contribution in [1.29, 1.82) is 0 Å². The van der Waals surface area contributed by atoms with Gasteiger partial charge in [-0.15, -0.1) is 0 Å². The van der Waals surface area contributed by atoms with Crippen LogP contribution in [0.2, 0.25) is 0 Å². The maximum Gasteiger partial charge on any atom is 0.139 e. The maximum absolute atomic E-state index is 6.44. The highest BCUT2D eigenvalue weighted by molar-refractivity contribution is 5.49. The monoisotopic (exact) mass is 265 g/mol. The van der Waals surface area contributed by atoms with Crippen molar-refractivity contribution < 1.29 is 0 Å². The van der Waals surface area contributed by atoms with E-state index in [1.807, 2.05) is 18.5 Å². The van der Waals surface area contributed by atoms with Gasteiger partial charge in [0, 0.05) is 6.20 Å². The quantitative estimate of drug-likeness (QED) is 0.772. The lowest BCUT2D eigenvalue weighted by molar-refractivity contribution is 0.812. The standard InChI is InChI=1S/C17H19N3/c1-11-6-7-14(9-13(11)3)16(18)15-10-19-17-12(2)5-4-8-20(15)17/h4-10,16H,18H2,1-3H3. The summed E-state index contributed by atoms with van der Waals surface area (Å²) in [6, 6.07) is 10.3. The molecule has 0 aliphatic rings. The van der Waals surface area contributed by atoms with E-state index in [4.69, 9.17) is 5.73 Å². The van der Waals surface area contributed by atoms with Crippen LogP contribution < -0.4 is 5.73 Å². The predicted octanol–water partition coefficient (Wildman–Crippen LogP) is 3.31. The highest BCUT2D eigenvalue weighted by Gasteiger charge is 2.15. The first kappa shape index (κ1) is 12.9. The number of hydrogen-bond acceptors (Lipinski definition) is 2. The number of rotatable bonds is 2. The second-order valence-electron chi connectivity index (χ2n) is 5.39. The Morgan fingerprint density at radius 1 is 1.05 bits per heavy atom. The van der Waals surface area contributed by atoms with E-state index < -0.39 is 0 Å². The fourth-order valence-electron chi connectivity index (χ4n) is 2.53. The van der Waals surface area contributed by atoms with Gasteiger partial charge in [-0.05, 0) is 49.1 Å². The lowest BCUT2D eigenvalue weighted by Crippen LogP contribution is -2.14. The summed E-state index contributed by atoms with van der Waals surface area (Å²) >= 11 is 0. The molecule has 3 aromatic rings. The Balaban J connectivity index is 2.10. The first-order chi connectivity index (χ1) is 9.58. The second-order valence-corrected chi connectivity index (χ2v) is 5.39. The molecule has 3 nitrogen and oxygen atoms in total. The minimum atomic E-state index is -0.161. The normalized spacial score (nSPS) is 12.8. The number of imidazole rings is 1. The topological polar surface area (TPSA) is 43.3 Å². The van der Waals surface area contributed by atoms with Crippen LogP contribution in [0.15, 0.2) is 42.7 Å². The Hall–Kier alpha value is -2.13. The summed E-state index contributed by atoms with van der Waals surface area (Å²) in [7, 11) is 0. The number of benzene rings is 1. The predicted molar refractivity (Wildman–Crippen MR) is 81.9 cm³/mol. The van der Waals surface area contributed by atoms with Crippen molar-refractivity contribution in [2.75, 3.05) is 0 Å². The molecule has 1 aromatic carbocycles. The Kier molecular flexibility index (Phi) is 3.07. The summed E-state index contributed by atoms with van der Waals surface area (Å²) in [5.74, 6) is 0. The van der Waals surface area contributed by atoms with Gasteiger partial charge in [-0.25, -0.2) is 4.98 Å². The van der Waals surface area contributed by atoms with E-state index >= 15 is 0 Å². The molecule has 2 N–H and O–H groups in total. The minimum Gasteiger partial charge on any atom is -0.319 e. The number of fused-ring (bicyclic) bond motifs is 1. The van der Waals surface area contributed by atoms with E-state index in [2.05, 4.69) is 54.4 Å². The van der Waals surface area contributed by atoms with Crippen LogP contribution in [-0.2, 0) is 0 Å². The molecule has 0 aliphatic carbocycles. The average Bonchev–Trinajstić information content (AvgIpc) is 2.86. The molecule has 1 unspecified atom stereocenters. The lowest BCUT2D eigenvalue weighted by Gasteiger charge is -2.14. The van der Waals surface area contributed by atoms with Crippen LogP contribution in [0.5, 0.6) is 0 Å². The lowest BCUT2D eigenvalue weighted by atomic mass is 10.00. The van der Waals surface area contributed by atoms with Gasteiger partial charge in [0.05, 0.1) is 17.9 Å². The van der Waals surface area contributed by atoms with Crippen LogP contribution >= 0.6 is 0 Å². The molecule has 3 heteroatoms. The molecule has 0 aliphatic heterocycles. The Bertz CT molecular complexity index is 771. The third-order valence-corrected chi connectivity index (χ3v) is 3.97. The van der Waals surface area contributed by atoms with E-state index in [1.54, 1.807) is 0 Å². The highest BCUT2D eigenvalue weighted by atomic mass is 15.0. The van der Waals surface area contributed by atoms with Gasteiger partial charge in [0.25, 0.3) is 0 Å². The number of nitrogens with two attached hydrogens (primary N) is 1. The molecule has 1 atom stereocenters. The molecule has 0 spiro atoms. The fourth-order valence-corrected chi connectivity index (χ4v) is 2.53. The molecule has 20 heavy (non-hydrogen) atoms. The van der Waals surface area contributed by atoms with E-state index in [0.717, 1.165) is 22.5 Å². The summed E-state index contributed by atoms with van der Waals surface area (Å²) < 4.78 is 2.08. The van der Waals surface area contributed by atoms with Crippen LogP contribution in [0.1, 0.15) is 34.0 Å². The molecule has 0 fully saturated rings. The van der Waals surface area contributed by atoms with Crippen molar-refractivity contribution in [3.8, 4) is 0 Å². The van der Waals surface area contributed by atoms with Gasteiger partial charge in [0.15, 0.2) is 0 Å². The van der Waals surface area contributed by atoms with Crippen LogP contribution in [0.3, 0.4) is 0 Å². The van der Waals surface area contributed by atoms with Crippen molar-refractivity contribution in [2.45, 2.75) is 26.8 Å². The van der Waals surface area contributed by atoms with Gasteiger partial charge < -0.3 is 10.1 Å². The zero-order valence-corrected chi connectivity index (χ0v) is 12.1. The van der Waals surface area contributed by atoms with Crippen molar-refractivity contribution >= 4 is 5.65 Å². The van der Waals surface area contributed by atoms with Crippen LogP contribution in [0, 0.1) is 20.8 Å². The molecule has 0 bridgehead atoms. The largest absolute Gasteiger partial charge is 0.319 e. The molecule has 102 valence electrons. The Morgan fingerprint density at radius 2 is 1.85 bits per heavy atom. The Morgan fingerprint density at radius 3 is 2.60 bits per heavy atom. The first-order valence-corrected chi connectivity index (χ1v) is 6.83. The maximum atomic E-state index is 6.44. The number of hydrogen-bond donors (Lipinski definition) is 1. The van der Waals surface area contributed by atoms with Gasteiger partial charge in [-0.3, -0.25) is 0 Å². The number of nitrogens with zero attached hydrogens (tertiary/aromatic N) is 2. The number of aryl methyl sites for hydroxylation is 3. The van der Waals surface area contributed by atoms with E-state index in [0.29, 0.717) is 0 Å². The van der Waals surface area contributed by atoms with E-state index in [1.165, 1.54) is 11.1 Å². The highest BCUT2D eigenvalue weighted by Crippen LogP contribution is 2.23. The second kappa shape index (κ2) is 4.76. The smallest absolute Gasteiger partial charge is 0.139 e. The first-order valence-electron chi connectivity index (χ1n) is 6.83. The van der Waals surface area contributed by atoms with Gasteiger partial charge in [-0.1, -0.05) is 24.3 Å². The summed E-state index contributed by atoms with van der Waals surface area (Å²) in [6.07, 6.45) is 3.90. The summed E-state index contributed by atoms with van der Waals surface area (Å²) in [4.78, 5) is 4.49. The SMILES string of the molecule is Cc1ccc(C(N)c2cnc3c(C)cccn23)cc1C. The fraction of sp³-hybridized carbons (Fsp3) is 0.235. The zero-order valence-electron chi connectivity index (χ0n) is 12.1. The number of pyridine rings is 1. The Labute approximate surface area is 119 Å². The summed E-state index contributed by atoms with van der Waals surface area (Å²) in [6.45, 7) is 6.29. The molecule has 2 aromatic heterocycles. The van der Waals surface area contributed by atoms with Gasteiger partial charge in [0.1, 0.15) is 5.65 Å².